The summed E-state index contributed by atoms with van der Waals surface area (Å²) < 4.78 is 5.88. The SMILES string of the molecule is CCCCCCC[C@H]1CC[C@H](CCc2ccc(C(=O)O[C@H]3CC[C@H](CCCCCCC)CC3)c(C#N)c2C#N)CC1. The third kappa shape index (κ3) is 11.1. The molecule has 3 rings (SSSR count). The number of ether oxygens (including phenoxy) is 1. The molecule has 2 saturated carbocycles. The number of carbonyl (C=O) groups excluding carboxylic acids is 1. The number of rotatable bonds is 17. The second-order valence-electron chi connectivity index (χ2n) is 13.1. The molecule has 2 fully saturated rings. The first-order valence-corrected chi connectivity index (χ1v) is 17.3. The lowest BCUT2D eigenvalue weighted by Crippen LogP contribution is -2.25. The topological polar surface area (TPSA) is 73.9 Å². The van der Waals surface area contributed by atoms with Crippen LogP contribution in [-0.4, -0.2) is 12.1 Å². The third-order valence-electron chi connectivity index (χ3n) is 10.0. The number of unbranched alkanes of at least 4 members (excludes halogenated alkanes) is 8. The van der Waals surface area contributed by atoms with Crippen LogP contribution >= 0.6 is 0 Å². The number of aryl methyl sites for hydroxylation is 1. The van der Waals surface area contributed by atoms with Gasteiger partial charge in [-0.2, -0.15) is 10.5 Å². The maximum absolute atomic E-state index is 13.1. The standard InChI is InChI=1S/C37H56N2O2/c1-3-5-7-9-11-13-29-15-17-31(18-16-29)19-22-32-23-26-34(36(28-39)35(32)27-38)37(40)41-33-24-20-30(21-25-33)14-12-10-8-6-4-2/h23,26,29-31,33H,3-22,24-25H2,1-2H3/t29-,30-,31-,33-. The van der Waals surface area contributed by atoms with Crippen molar-refractivity contribution in [3.05, 3.63) is 34.4 Å². The van der Waals surface area contributed by atoms with Gasteiger partial charge in [-0.05, 0) is 67.9 Å². The maximum atomic E-state index is 13.1. The van der Waals surface area contributed by atoms with Crippen LogP contribution in [-0.2, 0) is 11.2 Å². The van der Waals surface area contributed by atoms with Crippen LogP contribution < -0.4 is 0 Å². The Hall–Kier alpha value is -2.33. The second-order valence-corrected chi connectivity index (χ2v) is 13.1. The molecule has 1 aromatic carbocycles. The van der Waals surface area contributed by atoms with Crippen molar-refractivity contribution in [2.45, 2.75) is 161 Å². The summed E-state index contributed by atoms with van der Waals surface area (Å²) in [6.45, 7) is 4.52. The van der Waals surface area contributed by atoms with Crippen LogP contribution in [0.25, 0.3) is 0 Å². The number of esters is 1. The van der Waals surface area contributed by atoms with Gasteiger partial charge >= 0.3 is 5.97 Å². The summed E-state index contributed by atoms with van der Waals surface area (Å²) in [7, 11) is 0. The van der Waals surface area contributed by atoms with Crippen molar-refractivity contribution in [2.24, 2.45) is 17.8 Å². The normalized spacial score (nSPS) is 22.5. The number of carbonyl (C=O) groups is 1. The van der Waals surface area contributed by atoms with E-state index < -0.39 is 5.97 Å². The van der Waals surface area contributed by atoms with Crippen LogP contribution in [0.1, 0.15) is 176 Å². The molecule has 0 aromatic heterocycles. The molecule has 4 nitrogen and oxygen atoms in total. The molecule has 2 aliphatic rings. The van der Waals surface area contributed by atoms with E-state index in [0.717, 1.165) is 55.9 Å². The molecule has 41 heavy (non-hydrogen) atoms. The summed E-state index contributed by atoms with van der Waals surface area (Å²) in [5.74, 6) is 1.89. The summed E-state index contributed by atoms with van der Waals surface area (Å²) in [6, 6.07) is 8.05. The monoisotopic (exact) mass is 560 g/mol. The summed E-state index contributed by atoms with van der Waals surface area (Å²) in [5.41, 5.74) is 1.72. The fraction of sp³-hybridized carbons (Fsp3) is 0.757. The molecule has 4 heteroatoms. The van der Waals surface area contributed by atoms with Crippen molar-refractivity contribution in [1.29, 1.82) is 10.5 Å². The van der Waals surface area contributed by atoms with Crippen molar-refractivity contribution in [3.8, 4) is 12.1 Å². The van der Waals surface area contributed by atoms with E-state index in [4.69, 9.17) is 4.74 Å². The first kappa shape index (κ1) is 33.2. The van der Waals surface area contributed by atoms with Gasteiger partial charge in [0.1, 0.15) is 18.2 Å². The molecule has 0 atom stereocenters. The van der Waals surface area contributed by atoms with Gasteiger partial charge < -0.3 is 4.74 Å². The molecule has 0 radical (unpaired) electrons. The van der Waals surface area contributed by atoms with Gasteiger partial charge in [-0.3, -0.25) is 0 Å². The van der Waals surface area contributed by atoms with Crippen molar-refractivity contribution >= 4 is 5.97 Å². The van der Waals surface area contributed by atoms with Crippen LogP contribution in [0.15, 0.2) is 12.1 Å². The highest BCUT2D eigenvalue weighted by atomic mass is 16.5. The van der Waals surface area contributed by atoms with Crippen molar-refractivity contribution in [1.82, 2.24) is 0 Å². The molecule has 0 amide bonds. The van der Waals surface area contributed by atoms with Gasteiger partial charge in [0.25, 0.3) is 0 Å². The number of hydrogen-bond acceptors (Lipinski definition) is 4. The molecular weight excluding hydrogens is 504 g/mol. The lowest BCUT2D eigenvalue weighted by Gasteiger charge is -2.29. The van der Waals surface area contributed by atoms with Crippen molar-refractivity contribution < 1.29 is 9.53 Å². The predicted molar refractivity (Wildman–Crippen MR) is 168 cm³/mol. The van der Waals surface area contributed by atoms with Gasteiger partial charge in [0.15, 0.2) is 0 Å². The Morgan fingerprint density at radius 3 is 1.68 bits per heavy atom. The Balaban J connectivity index is 1.45. The second kappa shape index (κ2) is 19.0. The van der Waals surface area contributed by atoms with Crippen LogP contribution in [0.5, 0.6) is 0 Å². The fourth-order valence-corrected chi connectivity index (χ4v) is 7.26. The maximum Gasteiger partial charge on any atom is 0.339 e. The smallest absolute Gasteiger partial charge is 0.339 e. The zero-order chi connectivity index (χ0) is 29.3. The van der Waals surface area contributed by atoms with Gasteiger partial charge in [0, 0.05) is 0 Å². The summed E-state index contributed by atoms with van der Waals surface area (Å²) in [4.78, 5) is 13.1. The summed E-state index contributed by atoms with van der Waals surface area (Å²) in [6.07, 6.45) is 27.1. The fourth-order valence-electron chi connectivity index (χ4n) is 7.26. The van der Waals surface area contributed by atoms with Crippen LogP contribution in [0.2, 0.25) is 0 Å². The van der Waals surface area contributed by atoms with Crippen LogP contribution in [0, 0.1) is 40.4 Å². The Kier molecular flexibility index (Phi) is 15.4. The number of nitriles is 2. The van der Waals surface area contributed by atoms with E-state index in [1.807, 2.05) is 6.07 Å². The van der Waals surface area contributed by atoms with E-state index in [1.54, 1.807) is 6.07 Å². The summed E-state index contributed by atoms with van der Waals surface area (Å²) in [5, 5.41) is 19.9. The number of benzene rings is 1. The van der Waals surface area contributed by atoms with E-state index in [-0.39, 0.29) is 17.2 Å². The Labute approximate surface area is 251 Å². The first-order chi connectivity index (χ1) is 20.1. The van der Waals surface area contributed by atoms with E-state index >= 15 is 0 Å². The zero-order valence-electron chi connectivity index (χ0n) is 26.2. The Morgan fingerprint density at radius 1 is 0.683 bits per heavy atom. The highest BCUT2D eigenvalue weighted by Gasteiger charge is 2.27. The van der Waals surface area contributed by atoms with Crippen molar-refractivity contribution in [2.75, 3.05) is 0 Å². The predicted octanol–water partition coefficient (Wildman–Crippen LogP) is 10.6. The molecule has 0 aliphatic heterocycles. The molecule has 226 valence electrons. The van der Waals surface area contributed by atoms with Gasteiger partial charge in [0.05, 0.1) is 16.7 Å². The first-order valence-electron chi connectivity index (χ1n) is 17.3. The minimum Gasteiger partial charge on any atom is -0.459 e. The Bertz CT molecular complexity index is 987. The zero-order valence-corrected chi connectivity index (χ0v) is 26.2. The van der Waals surface area contributed by atoms with E-state index in [2.05, 4.69) is 26.0 Å². The molecule has 0 unspecified atom stereocenters. The summed E-state index contributed by atoms with van der Waals surface area (Å²) >= 11 is 0. The molecular formula is C37H56N2O2. The van der Waals surface area contributed by atoms with Gasteiger partial charge in [-0.15, -0.1) is 0 Å². The minimum absolute atomic E-state index is 0.0814. The largest absolute Gasteiger partial charge is 0.459 e. The van der Waals surface area contributed by atoms with Gasteiger partial charge in [-0.1, -0.05) is 123 Å². The number of hydrogen-bond donors (Lipinski definition) is 0. The Morgan fingerprint density at radius 2 is 1.17 bits per heavy atom. The lowest BCUT2D eigenvalue weighted by molar-refractivity contribution is 0.0160. The molecule has 2 aliphatic carbocycles. The van der Waals surface area contributed by atoms with E-state index in [9.17, 15) is 15.3 Å². The average Bonchev–Trinajstić information content (AvgIpc) is 3.00. The van der Waals surface area contributed by atoms with E-state index in [0.29, 0.717) is 11.5 Å². The molecule has 0 saturated heterocycles. The molecule has 0 spiro atoms. The third-order valence-corrected chi connectivity index (χ3v) is 10.0. The van der Waals surface area contributed by atoms with Gasteiger partial charge in [-0.25, -0.2) is 4.79 Å². The van der Waals surface area contributed by atoms with Crippen molar-refractivity contribution in [3.63, 3.8) is 0 Å². The highest BCUT2D eigenvalue weighted by Crippen LogP contribution is 2.35. The molecule has 1 aromatic rings. The quantitative estimate of drug-likeness (QED) is 0.140. The average molecular weight is 561 g/mol. The van der Waals surface area contributed by atoms with Crippen LogP contribution in [0.3, 0.4) is 0 Å². The minimum atomic E-state index is -0.444. The molecule has 0 heterocycles. The van der Waals surface area contributed by atoms with Gasteiger partial charge in [0.2, 0.25) is 0 Å². The lowest BCUT2D eigenvalue weighted by atomic mass is 9.77. The molecule has 0 N–H and O–H groups in total. The van der Waals surface area contributed by atoms with E-state index in [1.165, 1.54) is 103 Å². The molecule has 0 bridgehead atoms. The van der Waals surface area contributed by atoms with Crippen LogP contribution in [0.4, 0.5) is 0 Å². The number of nitrogens with zero attached hydrogens (tertiary/aromatic N) is 2. The highest BCUT2D eigenvalue weighted by molar-refractivity contribution is 5.93.